The number of fused-ring (bicyclic) bond motifs is 1. The average Bonchev–Trinajstić information content (AvgIpc) is 2.33. The highest BCUT2D eigenvalue weighted by Crippen LogP contribution is 2.20. The molecule has 2 nitrogen and oxygen atoms in total. The Morgan fingerprint density at radius 3 is 2.69 bits per heavy atom. The summed E-state index contributed by atoms with van der Waals surface area (Å²) in [6.07, 6.45) is 0. The molecule has 0 saturated carbocycles. The van der Waals surface area contributed by atoms with E-state index in [1.165, 1.54) is 16.9 Å². The second-order valence-corrected chi connectivity index (χ2v) is 3.79. The minimum absolute atomic E-state index is 1.03. The van der Waals surface area contributed by atoms with Crippen LogP contribution < -0.4 is 4.57 Å². The van der Waals surface area contributed by atoms with E-state index in [1.807, 2.05) is 12.1 Å². The van der Waals surface area contributed by atoms with E-state index in [9.17, 15) is 0 Å². The second-order valence-electron chi connectivity index (χ2n) is 3.31. The largest absolute Gasteiger partial charge is 0.253 e. The topological polar surface area (TPSA) is 8.81 Å². The van der Waals surface area contributed by atoms with Crippen LogP contribution in [0.25, 0.3) is 11.0 Å². The first-order valence-corrected chi connectivity index (χ1v) is 4.70. The molecule has 13 heavy (non-hydrogen) atoms. The minimum Gasteiger partial charge on any atom is -0.230 e. The number of nitrogens with zero attached hydrogens (tertiary/aromatic N) is 2. The quantitative estimate of drug-likeness (QED) is 0.480. The Labute approximate surface area is 83.2 Å². The molecule has 2 aromatic rings. The maximum Gasteiger partial charge on any atom is 0.253 e. The normalized spacial score (nSPS) is 11.1. The number of hydrogen-bond acceptors (Lipinski definition) is 1. The predicted octanol–water partition coefficient (Wildman–Crippen LogP) is 1.60. The lowest BCUT2D eigenvalue weighted by atomic mass is 10.3. The van der Waals surface area contributed by atoms with Crippen LogP contribution in [0.5, 0.6) is 0 Å². The highest BCUT2D eigenvalue weighted by atomic mass is 32.1. The van der Waals surface area contributed by atoms with Crippen LogP contribution in [0.1, 0.15) is 5.82 Å². The molecule has 0 aliphatic heterocycles. The second kappa shape index (κ2) is 2.77. The van der Waals surface area contributed by atoms with Gasteiger partial charge in [-0.15, -0.1) is 12.6 Å². The first-order chi connectivity index (χ1) is 6.13. The van der Waals surface area contributed by atoms with Gasteiger partial charge in [-0.25, -0.2) is 9.13 Å². The fourth-order valence-electron chi connectivity index (χ4n) is 1.69. The number of rotatable bonds is 0. The third kappa shape index (κ3) is 1.07. The van der Waals surface area contributed by atoms with E-state index in [-0.39, 0.29) is 0 Å². The zero-order chi connectivity index (χ0) is 9.59. The van der Waals surface area contributed by atoms with Crippen molar-refractivity contribution in [3.05, 3.63) is 24.0 Å². The first-order valence-electron chi connectivity index (χ1n) is 4.26. The number of aryl methyl sites for hydroxylation is 2. The van der Waals surface area contributed by atoms with Gasteiger partial charge < -0.3 is 0 Å². The van der Waals surface area contributed by atoms with Gasteiger partial charge in [0.2, 0.25) is 0 Å². The predicted molar refractivity (Wildman–Crippen MR) is 56.1 cm³/mol. The van der Waals surface area contributed by atoms with E-state index in [1.54, 1.807) is 0 Å². The fourth-order valence-corrected chi connectivity index (χ4v) is 2.05. The monoisotopic (exact) mass is 193 g/mol. The van der Waals surface area contributed by atoms with Crippen LogP contribution in [-0.2, 0) is 14.1 Å². The summed E-state index contributed by atoms with van der Waals surface area (Å²) in [6, 6.07) is 6.16. The molecule has 0 radical (unpaired) electrons. The van der Waals surface area contributed by atoms with E-state index in [0.717, 1.165) is 4.90 Å². The van der Waals surface area contributed by atoms with E-state index in [2.05, 4.69) is 48.8 Å². The maximum atomic E-state index is 4.45. The minimum atomic E-state index is 1.03. The highest BCUT2D eigenvalue weighted by molar-refractivity contribution is 7.80. The van der Waals surface area contributed by atoms with E-state index in [0.29, 0.717) is 0 Å². The average molecular weight is 193 g/mol. The van der Waals surface area contributed by atoms with Crippen LogP contribution in [-0.4, -0.2) is 4.57 Å². The Kier molecular flexibility index (Phi) is 1.84. The number of hydrogen-bond donors (Lipinski definition) is 1. The van der Waals surface area contributed by atoms with Crippen molar-refractivity contribution in [2.45, 2.75) is 11.8 Å². The summed E-state index contributed by atoms with van der Waals surface area (Å²) in [6.45, 7) is 2.10. The number of para-hydroxylation sites is 1. The van der Waals surface area contributed by atoms with Gasteiger partial charge in [-0.05, 0) is 12.1 Å². The first kappa shape index (κ1) is 8.63. The standard InChI is InChI=1S/C10H12N2S/c1-7-11(2)8-5-4-6-9(13)10(8)12(7)3/h4-6H,1-3H3/p+1. The molecule has 0 bridgehead atoms. The third-order valence-corrected chi connectivity index (χ3v) is 3.02. The molecule has 0 unspecified atom stereocenters. The molecule has 0 spiro atoms. The Hall–Kier alpha value is -0.960. The van der Waals surface area contributed by atoms with Crippen LogP contribution in [0.4, 0.5) is 0 Å². The lowest BCUT2D eigenvalue weighted by Gasteiger charge is -1.91. The van der Waals surface area contributed by atoms with Gasteiger partial charge in [-0.2, -0.15) is 0 Å². The molecule has 68 valence electrons. The van der Waals surface area contributed by atoms with Crippen molar-refractivity contribution in [1.29, 1.82) is 0 Å². The van der Waals surface area contributed by atoms with Crippen molar-refractivity contribution in [1.82, 2.24) is 4.57 Å². The summed E-state index contributed by atoms with van der Waals surface area (Å²) in [5, 5.41) is 0. The van der Waals surface area contributed by atoms with Crippen LogP contribution >= 0.6 is 12.6 Å². The number of thiol groups is 1. The Morgan fingerprint density at radius 1 is 1.38 bits per heavy atom. The van der Waals surface area contributed by atoms with Crippen LogP contribution in [0, 0.1) is 6.92 Å². The number of aromatic nitrogens is 2. The molecule has 1 aromatic heterocycles. The van der Waals surface area contributed by atoms with Crippen molar-refractivity contribution in [2.75, 3.05) is 0 Å². The van der Waals surface area contributed by atoms with Crippen molar-refractivity contribution in [2.24, 2.45) is 14.1 Å². The number of benzene rings is 1. The van der Waals surface area contributed by atoms with Gasteiger partial charge in [-0.1, -0.05) is 6.07 Å². The van der Waals surface area contributed by atoms with Crippen molar-refractivity contribution in [3.63, 3.8) is 0 Å². The molecule has 2 rings (SSSR count). The summed E-state index contributed by atoms with van der Waals surface area (Å²) in [5.41, 5.74) is 2.43. The van der Waals surface area contributed by atoms with Gasteiger partial charge in [0.05, 0.1) is 19.0 Å². The van der Waals surface area contributed by atoms with Gasteiger partial charge in [0.1, 0.15) is 0 Å². The molecule has 0 aliphatic rings. The van der Waals surface area contributed by atoms with Crippen LogP contribution in [0.3, 0.4) is 0 Å². The van der Waals surface area contributed by atoms with Gasteiger partial charge in [-0.3, -0.25) is 0 Å². The van der Waals surface area contributed by atoms with Crippen molar-refractivity contribution in [3.8, 4) is 0 Å². The molecule has 0 N–H and O–H groups in total. The van der Waals surface area contributed by atoms with Gasteiger partial charge in [0.25, 0.3) is 5.82 Å². The summed E-state index contributed by atoms with van der Waals surface area (Å²) < 4.78 is 4.34. The van der Waals surface area contributed by atoms with Crippen LogP contribution in [0.2, 0.25) is 0 Å². The molecular formula is C10H13N2S+. The van der Waals surface area contributed by atoms with Crippen molar-refractivity contribution < 1.29 is 4.57 Å². The summed E-state index contributed by atoms with van der Waals surface area (Å²) in [5.74, 6) is 1.23. The van der Waals surface area contributed by atoms with Crippen LogP contribution in [0.15, 0.2) is 23.1 Å². The molecule has 0 atom stereocenters. The zero-order valence-electron chi connectivity index (χ0n) is 8.07. The lowest BCUT2D eigenvalue weighted by molar-refractivity contribution is -0.652. The molecule has 3 heteroatoms. The molecule has 0 amide bonds. The number of imidazole rings is 1. The molecule has 0 fully saturated rings. The van der Waals surface area contributed by atoms with E-state index >= 15 is 0 Å². The molecule has 0 aliphatic carbocycles. The van der Waals surface area contributed by atoms with Gasteiger partial charge in [0, 0.05) is 6.92 Å². The molecular weight excluding hydrogens is 180 g/mol. The summed E-state index contributed by atoms with van der Waals surface area (Å²) in [4.78, 5) is 1.03. The van der Waals surface area contributed by atoms with E-state index < -0.39 is 0 Å². The SMILES string of the molecule is Cc1n(C)c2c(S)cccc2[n+]1C. The molecule has 1 heterocycles. The highest BCUT2D eigenvalue weighted by Gasteiger charge is 2.17. The van der Waals surface area contributed by atoms with Gasteiger partial charge >= 0.3 is 0 Å². The third-order valence-electron chi connectivity index (χ3n) is 2.66. The fraction of sp³-hybridized carbons (Fsp3) is 0.300. The smallest absolute Gasteiger partial charge is 0.230 e. The zero-order valence-corrected chi connectivity index (χ0v) is 8.97. The Morgan fingerprint density at radius 2 is 2.08 bits per heavy atom. The maximum absolute atomic E-state index is 4.45. The lowest BCUT2D eigenvalue weighted by Crippen LogP contribution is -2.30. The summed E-state index contributed by atoms with van der Waals surface area (Å²) in [7, 11) is 4.14. The molecule has 1 aromatic carbocycles. The Balaban J connectivity index is 3.03. The molecule has 0 saturated heterocycles. The van der Waals surface area contributed by atoms with E-state index in [4.69, 9.17) is 0 Å². The summed E-state index contributed by atoms with van der Waals surface area (Å²) >= 11 is 4.45. The van der Waals surface area contributed by atoms with Gasteiger partial charge in [0.15, 0.2) is 11.0 Å². The van der Waals surface area contributed by atoms with Crippen molar-refractivity contribution >= 4 is 23.7 Å². The Bertz CT molecular complexity index is 471.